The second-order valence-electron chi connectivity index (χ2n) is 17.5. The van der Waals surface area contributed by atoms with Crippen LogP contribution in [0.4, 0.5) is 0 Å². The molecule has 15 atom stereocenters. The number of ether oxygens (including phenoxy) is 11. The van der Waals surface area contributed by atoms with Gasteiger partial charge in [-0.25, -0.2) is 0 Å². The van der Waals surface area contributed by atoms with Gasteiger partial charge in [-0.15, -0.1) is 0 Å². The quantitative estimate of drug-likeness (QED) is 0.144. The number of aromatic hydroxyl groups is 1. The molecule has 0 spiro atoms. The van der Waals surface area contributed by atoms with Crippen LogP contribution in [0.15, 0.2) is 6.07 Å². The van der Waals surface area contributed by atoms with Gasteiger partial charge in [-0.3, -0.25) is 14.4 Å². The van der Waals surface area contributed by atoms with Crippen LogP contribution in [0, 0.1) is 6.92 Å². The number of benzene rings is 2. The number of aliphatic hydroxyl groups excluding tert-OH is 2. The van der Waals surface area contributed by atoms with Gasteiger partial charge in [-0.2, -0.15) is 0 Å². The lowest BCUT2D eigenvalue weighted by Gasteiger charge is -2.55. The number of Topliss-reactive ketones (excluding diaryl/α,β-unsaturated/α-hetero) is 2. The minimum atomic E-state index is -2.40. The van der Waals surface area contributed by atoms with Crippen LogP contribution < -0.4 is 9.47 Å². The molecule has 0 aromatic heterocycles. The van der Waals surface area contributed by atoms with Gasteiger partial charge in [0.15, 0.2) is 47.6 Å². The van der Waals surface area contributed by atoms with Crippen molar-refractivity contribution in [2.75, 3.05) is 21.3 Å². The Balaban J connectivity index is 1.28. The van der Waals surface area contributed by atoms with Crippen molar-refractivity contribution in [1.82, 2.24) is 0 Å². The molecular weight excluding hydrogens is 824 g/mol. The molecule has 2 bridgehead atoms. The van der Waals surface area contributed by atoms with Crippen molar-refractivity contribution in [3.8, 4) is 17.2 Å². The fourth-order valence-corrected chi connectivity index (χ4v) is 10.5. The van der Waals surface area contributed by atoms with Crippen LogP contribution in [0.5, 0.6) is 17.2 Å². The Labute approximate surface area is 355 Å². The molecule has 6 N–H and O–H groups in total. The summed E-state index contributed by atoms with van der Waals surface area (Å²) >= 11 is 0. The smallest absolute Gasteiger partial charge is 0.303 e. The average Bonchev–Trinajstić information content (AvgIpc) is 3.67. The topological polar surface area (TPSA) is 274 Å². The Hall–Kier alpha value is -3.61. The maximum atomic E-state index is 14.0. The number of phenols is 1. The van der Waals surface area contributed by atoms with Crippen LogP contribution in [0.2, 0.25) is 0 Å². The lowest BCUT2D eigenvalue weighted by molar-refractivity contribution is -0.421. The predicted molar refractivity (Wildman–Crippen MR) is 206 cm³/mol. The van der Waals surface area contributed by atoms with Gasteiger partial charge in [0.1, 0.15) is 35.1 Å². The van der Waals surface area contributed by atoms with Crippen LogP contribution in [0.3, 0.4) is 0 Å². The van der Waals surface area contributed by atoms with Gasteiger partial charge in [0.05, 0.1) is 42.5 Å². The van der Waals surface area contributed by atoms with Gasteiger partial charge >= 0.3 is 5.97 Å². The molecule has 4 saturated heterocycles. The largest absolute Gasteiger partial charge is 0.506 e. The Morgan fingerprint density at radius 3 is 2.21 bits per heavy atom. The van der Waals surface area contributed by atoms with Crippen molar-refractivity contribution in [2.24, 2.45) is 0 Å². The molecule has 0 amide bonds. The highest BCUT2D eigenvalue weighted by atomic mass is 16.9. The van der Waals surface area contributed by atoms with Crippen molar-refractivity contribution >= 4 is 28.3 Å². The molecule has 342 valence electrons. The summed E-state index contributed by atoms with van der Waals surface area (Å²) in [5, 5.41) is 70.1. The van der Waals surface area contributed by atoms with E-state index in [9.17, 15) is 45.0 Å². The van der Waals surface area contributed by atoms with E-state index in [1.807, 2.05) is 0 Å². The molecule has 20 heteroatoms. The number of hydrogen-bond donors (Lipinski definition) is 6. The van der Waals surface area contributed by atoms with Crippen LogP contribution in [0.1, 0.15) is 100 Å². The maximum Gasteiger partial charge on any atom is 0.303 e. The standard InChI is InChI=1S/C42H54O20/c1-15-11-20-27(31(48)29-28(32(20)52-8)22(12-21(45)30(29)47)58-25-14-38(6,49)35(16(2)55-25)57-19(5)44)33-26(15)34-36-41(60-33,39(7,50)42(61-34,62-36)37(53-9)54-10)59-24-13-23(46)40(51,17(3)43)18(4)56-24/h11,16,18,21-25,34-37,45-46,48-51H,12-14H2,1-10H3/t16-,18-,21-,22-,23+,24-,25-,34-,35+,36-,38+,39-,40+,41+,42-/m0/s1. The number of phenolic OH excluding ortho intramolecular Hbond substituents is 1. The van der Waals surface area contributed by atoms with E-state index < -0.39 is 126 Å². The summed E-state index contributed by atoms with van der Waals surface area (Å²) < 4.78 is 67.5. The number of carbonyl (C=O) groups excluding carboxylic acids is 3. The summed E-state index contributed by atoms with van der Waals surface area (Å²) in [6, 6.07) is 1.67. The summed E-state index contributed by atoms with van der Waals surface area (Å²) in [6.45, 7) is 9.78. The van der Waals surface area contributed by atoms with E-state index in [0.29, 0.717) is 11.1 Å². The molecule has 0 saturated carbocycles. The van der Waals surface area contributed by atoms with Gasteiger partial charge in [0.2, 0.25) is 6.29 Å². The third-order valence-corrected chi connectivity index (χ3v) is 13.5. The highest BCUT2D eigenvalue weighted by Gasteiger charge is 2.86. The molecular formula is C42H54O20. The molecule has 6 aliphatic rings. The second kappa shape index (κ2) is 15.0. The fraction of sp³-hybridized carbons (Fsp3) is 0.690. The lowest BCUT2D eigenvalue weighted by Crippen LogP contribution is -2.75. The number of ketones is 2. The van der Waals surface area contributed by atoms with E-state index in [-0.39, 0.29) is 46.2 Å². The number of carbonyl (C=O) groups is 3. The minimum absolute atomic E-state index is 0.0475. The van der Waals surface area contributed by atoms with Crippen molar-refractivity contribution in [1.29, 1.82) is 0 Å². The molecule has 4 fully saturated rings. The van der Waals surface area contributed by atoms with E-state index in [1.165, 1.54) is 49.0 Å². The summed E-state index contributed by atoms with van der Waals surface area (Å²) in [4.78, 5) is 38.4. The van der Waals surface area contributed by atoms with Gasteiger partial charge < -0.3 is 82.7 Å². The first-order chi connectivity index (χ1) is 29.0. The van der Waals surface area contributed by atoms with Gasteiger partial charge in [-0.05, 0) is 53.2 Å². The van der Waals surface area contributed by atoms with Crippen molar-refractivity contribution in [2.45, 2.75) is 164 Å². The summed E-state index contributed by atoms with van der Waals surface area (Å²) in [5.74, 6) is -7.50. The zero-order valence-corrected chi connectivity index (χ0v) is 35.9. The minimum Gasteiger partial charge on any atom is -0.506 e. The SMILES string of the molecule is COc1c2c(c(O)c3c4c(c(C)cc13)[C@@H]1O[C@@]3(C(OC)OC)O[C@@H]1[C@@](O[C@H]1C[C@@H](O)[C@@](O)(C(C)=O)[C@H](C)O1)(O4)[C@]3(C)O)C(=O)[C@@H](O)C[C@@H]2O[C@H]1C[C@@](C)(O)[C@H](OC(C)=O)[C@H](C)O1. The fourth-order valence-electron chi connectivity index (χ4n) is 10.5. The zero-order valence-electron chi connectivity index (χ0n) is 35.9. The van der Waals surface area contributed by atoms with Crippen molar-refractivity contribution in [3.63, 3.8) is 0 Å². The summed E-state index contributed by atoms with van der Waals surface area (Å²) in [7, 11) is 3.95. The second-order valence-corrected chi connectivity index (χ2v) is 17.5. The molecule has 0 unspecified atom stereocenters. The van der Waals surface area contributed by atoms with Crippen LogP contribution in [0.25, 0.3) is 10.8 Å². The van der Waals surface area contributed by atoms with E-state index in [1.54, 1.807) is 19.9 Å². The lowest BCUT2D eigenvalue weighted by atomic mass is 9.76. The Kier molecular flexibility index (Phi) is 10.9. The first-order valence-corrected chi connectivity index (χ1v) is 20.4. The van der Waals surface area contributed by atoms with Crippen LogP contribution in [-0.4, -0.2) is 153 Å². The van der Waals surface area contributed by atoms with Crippen LogP contribution >= 0.6 is 0 Å². The van der Waals surface area contributed by atoms with Gasteiger partial charge in [0.25, 0.3) is 11.6 Å². The van der Waals surface area contributed by atoms with E-state index in [4.69, 9.17) is 52.1 Å². The number of rotatable bonds is 10. The van der Waals surface area contributed by atoms with E-state index >= 15 is 0 Å². The number of aliphatic hydroxyl groups is 5. The average molecular weight is 879 g/mol. The van der Waals surface area contributed by atoms with E-state index in [2.05, 4.69) is 0 Å². The third-order valence-electron chi connectivity index (χ3n) is 13.5. The number of aryl methyl sites for hydroxylation is 1. The number of methoxy groups -OCH3 is 3. The Bertz CT molecular complexity index is 2170. The van der Waals surface area contributed by atoms with Crippen molar-refractivity contribution in [3.05, 3.63) is 28.3 Å². The molecule has 5 aliphatic heterocycles. The number of hydrogen-bond acceptors (Lipinski definition) is 20. The van der Waals surface area contributed by atoms with Crippen molar-refractivity contribution < 1.29 is 97.1 Å². The number of fused-ring (bicyclic) bond motifs is 6. The Morgan fingerprint density at radius 2 is 1.63 bits per heavy atom. The molecule has 1 aliphatic carbocycles. The highest BCUT2D eigenvalue weighted by molar-refractivity contribution is 6.13. The normalized spacial score (nSPS) is 42.1. The summed E-state index contributed by atoms with van der Waals surface area (Å²) in [6.07, 6.45) is -15.2. The van der Waals surface area contributed by atoms with Gasteiger partial charge in [-0.1, -0.05) is 0 Å². The molecule has 5 heterocycles. The van der Waals surface area contributed by atoms with E-state index in [0.717, 1.165) is 6.92 Å². The molecule has 2 aromatic carbocycles. The third kappa shape index (κ3) is 6.03. The monoisotopic (exact) mass is 878 g/mol. The molecule has 0 radical (unpaired) electrons. The maximum absolute atomic E-state index is 14.0. The molecule has 62 heavy (non-hydrogen) atoms. The van der Waals surface area contributed by atoms with Gasteiger partial charge in [0, 0.05) is 56.9 Å². The first kappa shape index (κ1) is 45.0. The zero-order chi connectivity index (χ0) is 45.4. The van der Waals surface area contributed by atoms with Crippen LogP contribution in [-0.2, 0) is 52.2 Å². The molecule has 8 rings (SSSR count). The molecule has 20 nitrogen and oxygen atoms in total. The molecule has 2 aromatic rings. The number of esters is 1. The highest BCUT2D eigenvalue weighted by Crippen LogP contribution is 2.68. The summed E-state index contributed by atoms with van der Waals surface area (Å²) in [5.41, 5.74) is -5.78. The Morgan fingerprint density at radius 1 is 0.952 bits per heavy atom. The predicted octanol–water partition coefficient (Wildman–Crippen LogP) is 1.14. The first-order valence-electron chi connectivity index (χ1n) is 20.4.